The number of carbonyl (C=O) groups is 3. The van der Waals surface area contributed by atoms with Crippen molar-refractivity contribution in [2.45, 2.75) is 51.9 Å². The minimum absolute atomic E-state index is 0.0216. The summed E-state index contributed by atoms with van der Waals surface area (Å²) in [6, 6.07) is 4.42. The number of rotatable bonds is 21. The number of amides is 3. The number of alkyl carbamates (subject to hydrolysis) is 1. The number of aromatic nitrogens is 1. The maximum Gasteiger partial charge on any atom is 0.407 e. The number of carbonyl (C=O) groups excluding carboxylic acids is 3. The number of ether oxygens (including phenoxy) is 7. The first-order chi connectivity index (χ1) is 23.0. The van der Waals surface area contributed by atoms with Crippen LogP contribution in [0.15, 0.2) is 24.4 Å². The van der Waals surface area contributed by atoms with Gasteiger partial charge in [0.2, 0.25) is 5.88 Å². The van der Waals surface area contributed by atoms with E-state index in [0.717, 1.165) is 0 Å². The summed E-state index contributed by atoms with van der Waals surface area (Å²) in [5.41, 5.74) is 5.17. The molecule has 0 unspecified atom stereocenters. The second-order valence-corrected chi connectivity index (χ2v) is 12.0. The van der Waals surface area contributed by atoms with Gasteiger partial charge in [-0.25, -0.2) is 14.2 Å². The molecule has 3 rings (SSSR count). The SMILES string of the molecule is CC[C@@H]1[C@H](F)C(=O)N(CCOCCOCCOCCOCCNC(=O)OC(C)(C)C)[C@@H]1COc1nccc2cc(C(N)=O)c(OC)cc12. The summed E-state index contributed by atoms with van der Waals surface area (Å²) in [5.74, 6) is -1.22. The van der Waals surface area contributed by atoms with Crippen LogP contribution >= 0.6 is 0 Å². The fourth-order valence-electron chi connectivity index (χ4n) is 5.18. The Morgan fingerprint density at radius 1 is 1.00 bits per heavy atom. The lowest BCUT2D eigenvalue weighted by atomic mass is 9.96. The maximum atomic E-state index is 15.0. The molecule has 3 N–H and O–H groups in total. The first-order valence-corrected chi connectivity index (χ1v) is 16.1. The molecule has 1 aliphatic heterocycles. The Kier molecular flexibility index (Phi) is 15.5. The third kappa shape index (κ3) is 11.7. The Bertz CT molecular complexity index is 1340. The highest BCUT2D eigenvalue weighted by molar-refractivity contribution is 6.01. The smallest absolute Gasteiger partial charge is 0.407 e. The molecule has 2 heterocycles. The maximum absolute atomic E-state index is 15.0. The van der Waals surface area contributed by atoms with Crippen LogP contribution in [0.4, 0.5) is 9.18 Å². The number of nitrogens with zero attached hydrogens (tertiary/aromatic N) is 2. The standard InChI is InChI=1S/C33H49FN4O10/c1-6-23-26(21-47-30-24-20-27(42-5)25(29(35)39)19-22(24)7-8-36-30)38(31(40)28(23)34)10-12-44-14-16-46-18-17-45-15-13-43-11-9-37-32(41)48-33(2,3)4/h7-8,19-20,23,26,28H,6,9-18,21H2,1-5H3,(H2,35,39)(H,37,41)/t23-,26+,28-/m0/s1. The van der Waals surface area contributed by atoms with Crippen molar-refractivity contribution in [2.75, 3.05) is 79.7 Å². The molecule has 0 bridgehead atoms. The Morgan fingerprint density at radius 2 is 1.62 bits per heavy atom. The number of alkyl halides is 1. The molecular formula is C33H49FN4O10. The average Bonchev–Trinajstić information content (AvgIpc) is 3.27. The van der Waals surface area contributed by atoms with Crippen LogP contribution in [-0.4, -0.2) is 125 Å². The van der Waals surface area contributed by atoms with E-state index in [1.165, 1.54) is 18.2 Å². The van der Waals surface area contributed by atoms with Crippen LogP contribution in [0.2, 0.25) is 0 Å². The number of benzene rings is 1. The van der Waals surface area contributed by atoms with E-state index < -0.39 is 41.6 Å². The summed E-state index contributed by atoms with van der Waals surface area (Å²) in [4.78, 5) is 42.0. The van der Waals surface area contributed by atoms with Crippen molar-refractivity contribution >= 4 is 28.7 Å². The summed E-state index contributed by atoms with van der Waals surface area (Å²) in [6.45, 7) is 10.5. The summed E-state index contributed by atoms with van der Waals surface area (Å²) in [6.07, 6.45) is -0.133. The van der Waals surface area contributed by atoms with Gasteiger partial charge in [-0.3, -0.25) is 9.59 Å². The van der Waals surface area contributed by atoms with Gasteiger partial charge in [-0.2, -0.15) is 0 Å². The number of halogens is 1. The van der Waals surface area contributed by atoms with Gasteiger partial charge in [0.05, 0.1) is 71.6 Å². The number of methoxy groups -OCH3 is 1. The van der Waals surface area contributed by atoms with Gasteiger partial charge < -0.3 is 49.1 Å². The zero-order valence-electron chi connectivity index (χ0n) is 28.5. The number of nitrogens with one attached hydrogen (secondary N) is 1. The van der Waals surface area contributed by atoms with E-state index in [1.54, 1.807) is 39.0 Å². The molecule has 0 saturated carbocycles. The lowest BCUT2D eigenvalue weighted by Crippen LogP contribution is -2.41. The minimum Gasteiger partial charge on any atom is -0.496 e. The summed E-state index contributed by atoms with van der Waals surface area (Å²) < 4.78 is 53.6. The number of hydrogen-bond donors (Lipinski definition) is 2. The highest BCUT2D eigenvalue weighted by Crippen LogP contribution is 2.34. The normalized spacial score (nSPS) is 17.9. The van der Waals surface area contributed by atoms with E-state index in [9.17, 15) is 14.4 Å². The molecule has 1 saturated heterocycles. The summed E-state index contributed by atoms with van der Waals surface area (Å²) >= 11 is 0. The zero-order valence-corrected chi connectivity index (χ0v) is 28.5. The van der Waals surface area contributed by atoms with E-state index in [4.69, 9.17) is 38.9 Å². The summed E-state index contributed by atoms with van der Waals surface area (Å²) in [7, 11) is 1.43. The van der Waals surface area contributed by atoms with Crippen LogP contribution < -0.4 is 20.5 Å². The van der Waals surface area contributed by atoms with Crippen LogP contribution in [0, 0.1) is 5.92 Å². The van der Waals surface area contributed by atoms with Gasteiger partial charge in [-0.1, -0.05) is 6.92 Å². The molecule has 2 aromatic rings. The van der Waals surface area contributed by atoms with Crippen molar-refractivity contribution in [3.05, 3.63) is 30.0 Å². The van der Waals surface area contributed by atoms with E-state index in [1.807, 2.05) is 6.92 Å². The summed E-state index contributed by atoms with van der Waals surface area (Å²) in [5, 5.41) is 3.87. The van der Waals surface area contributed by atoms with Crippen LogP contribution in [0.25, 0.3) is 10.8 Å². The first kappa shape index (κ1) is 38.7. The van der Waals surface area contributed by atoms with Gasteiger partial charge in [0.1, 0.15) is 18.0 Å². The van der Waals surface area contributed by atoms with E-state index >= 15 is 4.39 Å². The van der Waals surface area contributed by atoms with E-state index in [0.29, 0.717) is 70.0 Å². The molecule has 1 aliphatic rings. The predicted octanol–water partition coefficient (Wildman–Crippen LogP) is 2.89. The Balaban J connectivity index is 1.34. The number of likely N-dealkylation sites (tertiary alicyclic amines) is 1. The van der Waals surface area contributed by atoms with Crippen molar-refractivity contribution in [1.82, 2.24) is 15.2 Å². The molecule has 0 radical (unpaired) electrons. The third-order valence-corrected chi connectivity index (χ3v) is 7.47. The largest absolute Gasteiger partial charge is 0.496 e. The Morgan fingerprint density at radius 3 is 2.21 bits per heavy atom. The number of pyridine rings is 1. The van der Waals surface area contributed by atoms with Gasteiger partial charge >= 0.3 is 6.09 Å². The highest BCUT2D eigenvalue weighted by atomic mass is 19.1. The molecule has 15 heteroatoms. The predicted molar refractivity (Wildman–Crippen MR) is 174 cm³/mol. The van der Waals surface area contributed by atoms with E-state index in [-0.39, 0.29) is 37.0 Å². The monoisotopic (exact) mass is 680 g/mol. The van der Waals surface area contributed by atoms with Gasteiger partial charge in [0, 0.05) is 30.6 Å². The van der Waals surface area contributed by atoms with Gasteiger partial charge in [0.25, 0.3) is 11.8 Å². The molecule has 1 aromatic carbocycles. The molecule has 1 aromatic heterocycles. The quantitative estimate of drug-likeness (QED) is 0.186. The molecule has 0 spiro atoms. The molecule has 3 amide bonds. The van der Waals surface area contributed by atoms with Crippen molar-refractivity contribution in [1.29, 1.82) is 0 Å². The van der Waals surface area contributed by atoms with Crippen molar-refractivity contribution in [3.63, 3.8) is 0 Å². The third-order valence-electron chi connectivity index (χ3n) is 7.47. The fraction of sp³-hybridized carbons (Fsp3) is 0.636. The molecule has 1 fully saturated rings. The van der Waals surface area contributed by atoms with Crippen LogP contribution in [-0.2, 0) is 28.5 Å². The molecule has 0 aliphatic carbocycles. The Hall–Kier alpha value is -3.79. The van der Waals surface area contributed by atoms with Gasteiger partial charge in [-0.05, 0) is 50.8 Å². The average molecular weight is 681 g/mol. The number of fused-ring (bicyclic) bond motifs is 1. The van der Waals surface area contributed by atoms with Gasteiger partial charge in [-0.15, -0.1) is 0 Å². The molecule has 3 atom stereocenters. The fourth-order valence-corrected chi connectivity index (χ4v) is 5.18. The number of primary amides is 1. The second-order valence-electron chi connectivity index (χ2n) is 12.0. The van der Waals surface area contributed by atoms with Crippen LogP contribution in [0.5, 0.6) is 11.6 Å². The van der Waals surface area contributed by atoms with Crippen molar-refractivity contribution < 1.29 is 51.9 Å². The minimum atomic E-state index is -1.63. The first-order valence-electron chi connectivity index (χ1n) is 16.1. The van der Waals surface area contributed by atoms with Crippen molar-refractivity contribution in [3.8, 4) is 11.6 Å². The molecule has 268 valence electrons. The second kappa shape index (κ2) is 19.3. The van der Waals surface area contributed by atoms with E-state index in [2.05, 4.69) is 10.3 Å². The lowest BCUT2D eigenvalue weighted by Gasteiger charge is -2.27. The topological polar surface area (TPSA) is 170 Å². The van der Waals surface area contributed by atoms with Crippen LogP contribution in [0.3, 0.4) is 0 Å². The number of nitrogens with two attached hydrogens (primary N) is 1. The molecular weight excluding hydrogens is 631 g/mol. The van der Waals surface area contributed by atoms with Crippen LogP contribution in [0.1, 0.15) is 44.5 Å². The van der Waals surface area contributed by atoms with Crippen molar-refractivity contribution in [2.24, 2.45) is 11.7 Å². The Labute approximate surface area is 280 Å². The molecule has 48 heavy (non-hydrogen) atoms. The molecule has 14 nitrogen and oxygen atoms in total. The van der Waals surface area contributed by atoms with Gasteiger partial charge in [0.15, 0.2) is 6.17 Å². The lowest BCUT2D eigenvalue weighted by molar-refractivity contribution is -0.134. The number of hydrogen-bond acceptors (Lipinski definition) is 11. The zero-order chi connectivity index (χ0) is 35.1. The highest BCUT2D eigenvalue weighted by Gasteiger charge is 2.47.